The molecule has 11 nitrogen and oxygen atoms in total. The maximum atomic E-state index is 11.5. The molecule has 1 atom stereocenters. The van der Waals surface area contributed by atoms with Gasteiger partial charge in [-0.2, -0.15) is 27.0 Å². The van der Waals surface area contributed by atoms with Crippen LogP contribution in [-0.4, -0.2) is 85.8 Å². The second-order valence-corrected chi connectivity index (χ2v) is 11.9. The van der Waals surface area contributed by atoms with Gasteiger partial charge in [-0.1, -0.05) is 0 Å². The normalized spacial score (nSPS) is 15.5. The van der Waals surface area contributed by atoms with Gasteiger partial charge in [0.2, 0.25) is 0 Å². The van der Waals surface area contributed by atoms with E-state index in [-0.39, 0.29) is 26.1 Å². The SMILES string of the molecule is COc1cc(OC)cc(N(CCCN2CCC[C@H]2COS(C)(=O)=O)c2ccc3ncc(-c4cnn(C)c4)nc3c2)c1.S. The number of aryl methyl sites for hydroxylation is 1. The molecule has 226 valence electrons. The molecule has 2 aromatic heterocycles. The molecule has 0 bridgehead atoms. The fourth-order valence-corrected chi connectivity index (χ4v) is 5.63. The highest BCUT2D eigenvalue weighted by atomic mass is 32.2. The van der Waals surface area contributed by atoms with Crippen LogP contribution >= 0.6 is 13.5 Å². The fraction of sp³-hybridized carbons (Fsp3) is 0.414. The van der Waals surface area contributed by atoms with Gasteiger partial charge in [-0.15, -0.1) is 0 Å². The van der Waals surface area contributed by atoms with Gasteiger partial charge in [0, 0.05) is 67.5 Å². The van der Waals surface area contributed by atoms with Crippen LogP contribution in [-0.2, 0) is 21.3 Å². The molecule has 3 heterocycles. The summed E-state index contributed by atoms with van der Waals surface area (Å²) in [6, 6.07) is 12.0. The Bertz CT molecular complexity index is 1590. The average Bonchev–Trinajstić information content (AvgIpc) is 3.61. The Morgan fingerprint density at radius 1 is 1.02 bits per heavy atom. The second kappa shape index (κ2) is 13.7. The third-order valence-electron chi connectivity index (χ3n) is 7.29. The Labute approximate surface area is 254 Å². The van der Waals surface area contributed by atoms with Gasteiger partial charge in [-0.3, -0.25) is 18.7 Å². The maximum absolute atomic E-state index is 11.5. The number of benzene rings is 2. The number of likely N-dealkylation sites (tertiary alicyclic amines) is 1. The average molecular weight is 615 g/mol. The standard InChI is InChI=1S/C29H36N6O5S.H2S/c1-33-19-21(17-31-33)29-18-30-27-9-8-22(15-28(27)32-29)35(24-13-25(38-2)16-26(14-24)39-3)12-6-11-34-10-5-7-23(34)20-40-41(4,36)37;/h8-9,13-19,23H,5-7,10-12,20H2,1-4H3;1H2/t23-;/m0./s1. The summed E-state index contributed by atoms with van der Waals surface area (Å²) >= 11 is 0. The van der Waals surface area contributed by atoms with Crippen LogP contribution in [0.3, 0.4) is 0 Å². The molecule has 0 aliphatic carbocycles. The lowest BCUT2D eigenvalue weighted by molar-refractivity contribution is 0.177. The van der Waals surface area contributed by atoms with E-state index in [1.165, 1.54) is 0 Å². The smallest absolute Gasteiger partial charge is 0.264 e. The van der Waals surface area contributed by atoms with E-state index in [9.17, 15) is 8.42 Å². The predicted molar refractivity (Wildman–Crippen MR) is 169 cm³/mol. The van der Waals surface area contributed by atoms with Crippen molar-refractivity contribution >= 4 is 46.0 Å². The molecule has 13 heteroatoms. The third-order valence-corrected chi connectivity index (χ3v) is 7.85. The van der Waals surface area contributed by atoms with Crippen molar-refractivity contribution in [3.63, 3.8) is 0 Å². The van der Waals surface area contributed by atoms with Crippen LogP contribution in [0.4, 0.5) is 11.4 Å². The van der Waals surface area contributed by atoms with Gasteiger partial charge in [-0.05, 0) is 44.0 Å². The number of ether oxygens (including phenoxy) is 2. The van der Waals surface area contributed by atoms with Gasteiger partial charge < -0.3 is 14.4 Å². The van der Waals surface area contributed by atoms with Crippen molar-refractivity contribution in [2.45, 2.75) is 25.3 Å². The molecule has 42 heavy (non-hydrogen) atoms. The van der Waals surface area contributed by atoms with E-state index in [1.807, 2.05) is 49.6 Å². The molecular weight excluding hydrogens is 576 g/mol. The summed E-state index contributed by atoms with van der Waals surface area (Å²) in [6.45, 7) is 2.63. The highest BCUT2D eigenvalue weighted by Crippen LogP contribution is 2.34. The first-order chi connectivity index (χ1) is 19.7. The van der Waals surface area contributed by atoms with E-state index in [4.69, 9.17) is 18.6 Å². The third kappa shape index (κ3) is 7.71. The second-order valence-electron chi connectivity index (χ2n) is 10.2. The summed E-state index contributed by atoms with van der Waals surface area (Å²) in [4.78, 5) is 14.1. The minimum atomic E-state index is -3.47. The number of hydrogen-bond donors (Lipinski definition) is 0. The Kier molecular flexibility index (Phi) is 10.3. The van der Waals surface area contributed by atoms with Crippen LogP contribution in [0, 0.1) is 0 Å². The van der Waals surface area contributed by atoms with Crippen molar-refractivity contribution in [3.05, 3.63) is 55.0 Å². The zero-order valence-electron chi connectivity index (χ0n) is 24.4. The van der Waals surface area contributed by atoms with Gasteiger partial charge >= 0.3 is 0 Å². The summed E-state index contributed by atoms with van der Waals surface area (Å²) in [5, 5.41) is 4.26. The van der Waals surface area contributed by atoms with Crippen LogP contribution < -0.4 is 14.4 Å². The van der Waals surface area contributed by atoms with Gasteiger partial charge in [0.05, 0.1) is 56.2 Å². The van der Waals surface area contributed by atoms with Crippen LogP contribution in [0.1, 0.15) is 19.3 Å². The van der Waals surface area contributed by atoms with Gasteiger partial charge in [0.15, 0.2) is 0 Å². The van der Waals surface area contributed by atoms with Crippen molar-refractivity contribution in [2.75, 3.05) is 51.6 Å². The van der Waals surface area contributed by atoms with Crippen molar-refractivity contribution < 1.29 is 22.1 Å². The summed E-state index contributed by atoms with van der Waals surface area (Å²) in [6.07, 6.45) is 9.35. The van der Waals surface area contributed by atoms with Gasteiger partial charge in [-0.25, -0.2) is 4.98 Å². The van der Waals surface area contributed by atoms with Crippen molar-refractivity contribution in [3.8, 4) is 22.8 Å². The first-order valence-electron chi connectivity index (χ1n) is 13.6. The zero-order valence-corrected chi connectivity index (χ0v) is 26.2. The van der Waals surface area contributed by atoms with Crippen LogP contribution in [0.2, 0.25) is 0 Å². The lowest BCUT2D eigenvalue weighted by Crippen LogP contribution is -2.35. The Morgan fingerprint density at radius 2 is 1.79 bits per heavy atom. The summed E-state index contributed by atoms with van der Waals surface area (Å²) < 4.78 is 41.1. The molecule has 0 unspecified atom stereocenters. The maximum Gasteiger partial charge on any atom is 0.264 e. The van der Waals surface area contributed by atoms with Crippen LogP contribution in [0.15, 0.2) is 55.0 Å². The Morgan fingerprint density at radius 3 is 2.45 bits per heavy atom. The molecular formula is C29H38N6O5S2. The van der Waals surface area contributed by atoms with Gasteiger partial charge in [0.1, 0.15) is 11.5 Å². The molecule has 5 rings (SSSR count). The number of anilines is 2. The molecule has 1 fully saturated rings. The van der Waals surface area contributed by atoms with E-state index in [1.54, 1.807) is 31.3 Å². The van der Waals surface area contributed by atoms with Gasteiger partial charge in [0.25, 0.3) is 10.1 Å². The first kappa shape index (κ1) is 31.5. The Balaban J connectivity index is 0.00000405. The zero-order chi connectivity index (χ0) is 29.0. The van der Waals surface area contributed by atoms with Crippen molar-refractivity contribution in [1.29, 1.82) is 0 Å². The monoisotopic (exact) mass is 614 g/mol. The topological polar surface area (TPSA) is 112 Å². The van der Waals surface area contributed by atoms with E-state index in [2.05, 4.69) is 19.9 Å². The first-order valence-corrected chi connectivity index (χ1v) is 15.4. The number of methoxy groups -OCH3 is 2. The summed E-state index contributed by atoms with van der Waals surface area (Å²) in [7, 11) is 1.69. The molecule has 1 aliphatic rings. The Hall–Kier alpha value is -3.39. The number of rotatable bonds is 12. The minimum absolute atomic E-state index is 0. The molecule has 0 radical (unpaired) electrons. The van der Waals surface area contributed by atoms with E-state index < -0.39 is 10.1 Å². The summed E-state index contributed by atoms with van der Waals surface area (Å²) in [5.41, 5.74) is 5.13. The molecule has 4 aromatic rings. The van der Waals surface area contributed by atoms with E-state index in [0.717, 1.165) is 72.3 Å². The highest BCUT2D eigenvalue weighted by molar-refractivity contribution is 7.85. The predicted octanol–water partition coefficient (Wildman–Crippen LogP) is 4.13. The molecule has 0 saturated carbocycles. The van der Waals surface area contributed by atoms with E-state index in [0.29, 0.717) is 18.0 Å². The molecule has 1 aliphatic heterocycles. The van der Waals surface area contributed by atoms with Crippen LogP contribution in [0.25, 0.3) is 22.3 Å². The quantitative estimate of drug-likeness (QED) is 0.216. The molecule has 0 N–H and O–H groups in total. The minimum Gasteiger partial charge on any atom is -0.497 e. The van der Waals surface area contributed by atoms with Crippen LogP contribution in [0.5, 0.6) is 11.5 Å². The lowest BCUT2D eigenvalue weighted by Gasteiger charge is -2.29. The lowest BCUT2D eigenvalue weighted by atomic mass is 10.1. The fourth-order valence-electron chi connectivity index (χ4n) is 5.23. The molecule has 0 amide bonds. The highest BCUT2D eigenvalue weighted by Gasteiger charge is 2.26. The number of nitrogens with zero attached hydrogens (tertiary/aromatic N) is 6. The molecule has 2 aromatic carbocycles. The molecule has 0 spiro atoms. The number of fused-ring (bicyclic) bond motifs is 1. The summed E-state index contributed by atoms with van der Waals surface area (Å²) in [5.74, 6) is 1.39. The van der Waals surface area contributed by atoms with Crippen molar-refractivity contribution in [2.24, 2.45) is 7.05 Å². The number of aromatic nitrogens is 4. The van der Waals surface area contributed by atoms with E-state index >= 15 is 0 Å². The largest absolute Gasteiger partial charge is 0.497 e. The number of hydrogen-bond acceptors (Lipinski definition) is 10. The molecule has 1 saturated heterocycles. The van der Waals surface area contributed by atoms with Crippen molar-refractivity contribution in [1.82, 2.24) is 24.6 Å².